The van der Waals surface area contributed by atoms with Crippen molar-refractivity contribution >= 4 is 29.3 Å². The number of nitrogens with one attached hydrogen (secondary N) is 1. The van der Waals surface area contributed by atoms with Crippen molar-refractivity contribution in [3.8, 4) is 0 Å². The quantitative estimate of drug-likeness (QED) is 0.452. The molecule has 1 fully saturated rings. The molecule has 0 unspecified atom stereocenters. The average Bonchev–Trinajstić information content (AvgIpc) is 3.27. The Bertz CT molecular complexity index is 730. The number of nitrogens with zero attached hydrogens (tertiary/aromatic N) is 4. The minimum absolute atomic E-state index is 0.194. The van der Waals surface area contributed by atoms with Gasteiger partial charge in [-0.05, 0) is 37.7 Å². The van der Waals surface area contributed by atoms with E-state index in [0.29, 0.717) is 18.2 Å². The van der Waals surface area contributed by atoms with E-state index in [2.05, 4.69) is 25.1 Å². The number of aromatic nitrogens is 4. The van der Waals surface area contributed by atoms with Gasteiger partial charge in [0.25, 0.3) is 5.91 Å². The van der Waals surface area contributed by atoms with Gasteiger partial charge in [-0.15, -0.1) is 10.2 Å². The van der Waals surface area contributed by atoms with Crippen molar-refractivity contribution in [2.45, 2.75) is 49.7 Å². The topological polar surface area (TPSA) is 72.7 Å². The lowest BCUT2D eigenvalue weighted by Gasteiger charge is -2.16. The van der Waals surface area contributed by atoms with E-state index in [9.17, 15) is 4.79 Å². The van der Waals surface area contributed by atoms with Crippen LogP contribution in [-0.2, 0) is 6.42 Å². The number of amides is 1. The molecule has 0 bridgehead atoms. The summed E-state index contributed by atoms with van der Waals surface area (Å²) in [4.78, 5) is 16.1. The molecule has 6 nitrogen and oxygen atoms in total. The van der Waals surface area contributed by atoms with E-state index in [4.69, 9.17) is 11.6 Å². The van der Waals surface area contributed by atoms with Crippen LogP contribution < -0.4 is 5.32 Å². The molecule has 0 spiro atoms. The zero-order valence-electron chi connectivity index (χ0n) is 14.2. The van der Waals surface area contributed by atoms with E-state index in [1.54, 1.807) is 30.1 Å². The fraction of sp³-hybridized carbons (Fsp3) is 0.529. The summed E-state index contributed by atoms with van der Waals surface area (Å²) in [7, 11) is 0. The maximum Gasteiger partial charge on any atom is 0.254 e. The predicted octanol–water partition coefficient (Wildman–Crippen LogP) is 3.53. The Morgan fingerprint density at radius 3 is 2.92 bits per heavy atom. The van der Waals surface area contributed by atoms with E-state index in [0.717, 1.165) is 23.8 Å². The van der Waals surface area contributed by atoms with Gasteiger partial charge in [0.05, 0.1) is 5.56 Å². The molecule has 134 valence electrons. The third-order valence-electron chi connectivity index (χ3n) is 4.47. The predicted molar refractivity (Wildman–Crippen MR) is 99.2 cm³/mol. The second kappa shape index (κ2) is 8.67. The Balaban J connectivity index is 1.55. The van der Waals surface area contributed by atoms with Crippen molar-refractivity contribution in [3.05, 3.63) is 34.9 Å². The Morgan fingerprint density at radius 1 is 1.40 bits per heavy atom. The molecule has 8 heteroatoms. The van der Waals surface area contributed by atoms with Crippen molar-refractivity contribution in [1.82, 2.24) is 25.1 Å². The number of hydrogen-bond donors (Lipinski definition) is 1. The summed E-state index contributed by atoms with van der Waals surface area (Å²) < 4.78 is 2.30. The zero-order chi connectivity index (χ0) is 17.6. The third kappa shape index (κ3) is 4.33. The Morgan fingerprint density at radius 2 is 2.20 bits per heavy atom. The van der Waals surface area contributed by atoms with Gasteiger partial charge < -0.3 is 9.88 Å². The molecule has 1 saturated carbocycles. The van der Waals surface area contributed by atoms with E-state index < -0.39 is 0 Å². The van der Waals surface area contributed by atoms with Crippen LogP contribution in [0.1, 0.15) is 54.3 Å². The lowest BCUT2D eigenvalue weighted by atomic mass is 10.2. The van der Waals surface area contributed by atoms with Crippen LogP contribution in [0.4, 0.5) is 0 Å². The molecule has 0 radical (unpaired) electrons. The van der Waals surface area contributed by atoms with Gasteiger partial charge in [0.2, 0.25) is 0 Å². The van der Waals surface area contributed by atoms with Gasteiger partial charge in [-0.25, -0.2) is 4.98 Å². The molecule has 1 aliphatic carbocycles. The van der Waals surface area contributed by atoms with Crippen LogP contribution in [-0.4, -0.2) is 38.5 Å². The van der Waals surface area contributed by atoms with Gasteiger partial charge in [-0.1, -0.05) is 36.2 Å². The van der Waals surface area contributed by atoms with Crippen LogP contribution in [0, 0.1) is 0 Å². The fourth-order valence-corrected chi connectivity index (χ4v) is 4.02. The number of halogens is 1. The minimum atomic E-state index is -0.194. The first-order chi connectivity index (χ1) is 12.2. The number of carbonyl (C=O) groups is 1. The summed E-state index contributed by atoms with van der Waals surface area (Å²) in [6, 6.07) is 3.90. The molecular weight excluding hydrogens is 358 g/mol. The lowest BCUT2D eigenvalue weighted by Crippen LogP contribution is -2.25. The monoisotopic (exact) mass is 379 g/mol. The molecule has 3 rings (SSSR count). The molecule has 0 saturated heterocycles. The van der Waals surface area contributed by atoms with Gasteiger partial charge in [-0.2, -0.15) is 0 Å². The highest BCUT2D eigenvalue weighted by atomic mass is 35.5. The molecule has 25 heavy (non-hydrogen) atoms. The normalized spacial score (nSPS) is 14.8. The smallest absolute Gasteiger partial charge is 0.254 e. The first kappa shape index (κ1) is 18.2. The first-order valence-electron chi connectivity index (χ1n) is 8.57. The molecule has 0 aromatic carbocycles. The molecule has 2 heterocycles. The number of carbonyl (C=O) groups excluding carboxylic acids is 1. The van der Waals surface area contributed by atoms with Gasteiger partial charge in [0, 0.05) is 25.2 Å². The van der Waals surface area contributed by atoms with Crippen LogP contribution in [0.5, 0.6) is 0 Å². The van der Waals surface area contributed by atoms with Gasteiger partial charge in [-0.3, -0.25) is 4.79 Å². The molecule has 0 atom stereocenters. The van der Waals surface area contributed by atoms with Crippen molar-refractivity contribution in [1.29, 1.82) is 0 Å². The zero-order valence-corrected chi connectivity index (χ0v) is 15.8. The minimum Gasteiger partial charge on any atom is -0.352 e. The summed E-state index contributed by atoms with van der Waals surface area (Å²) in [5.74, 6) is 0.824. The highest BCUT2D eigenvalue weighted by Gasteiger charge is 2.23. The van der Waals surface area contributed by atoms with Gasteiger partial charge in [0.1, 0.15) is 11.0 Å². The second-order valence-corrected chi connectivity index (χ2v) is 7.24. The molecule has 1 aliphatic rings. The highest BCUT2D eigenvalue weighted by Crippen LogP contribution is 2.33. The number of rotatable bonds is 7. The van der Waals surface area contributed by atoms with E-state index >= 15 is 0 Å². The summed E-state index contributed by atoms with van der Waals surface area (Å²) in [5.41, 5.74) is 0.406. The Hall–Kier alpha value is -1.60. The molecule has 1 N–H and O–H groups in total. The van der Waals surface area contributed by atoms with Crippen LogP contribution in [0.25, 0.3) is 0 Å². The standard InChI is InChI=1S/C17H22ClN5OS/c1-25-17-22-21-14(23(17)12-6-2-3-7-12)9-5-11-20-16(24)13-8-4-10-19-15(13)18/h4,8,10,12H,2-3,5-7,9,11H2,1H3,(H,20,24). The van der Waals surface area contributed by atoms with Crippen LogP contribution in [0.3, 0.4) is 0 Å². The van der Waals surface area contributed by atoms with Crippen LogP contribution in [0.15, 0.2) is 23.5 Å². The fourth-order valence-electron chi connectivity index (χ4n) is 3.25. The summed E-state index contributed by atoms with van der Waals surface area (Å²) in [6.07, 6.45) is 10.2. The number of thioether (sulfide) groups is 1. The van der Waals surface area contributed by atoms with Crippen LogP contribution in [0.2, 0.25) is 5.15 Å². The molecule has 2 aromatic heterocycles. The van der Waals surface area contributed by atoms with E-state index in [-0.39, 0.29) is 11.1 Å². The maximum atomic E-state index is 12.1. The van der Waals surface area contributed by atoms with Crippen molar-refractivity contribution in [3.63, 3.8) is 0 Å². The molecular formula is C17H22ClN5OS. The molecule has 0 aliphatic heterocycles. The highest BCUT2D eigenvalue weighted by molar-refractivity contribution is 7.98. The summed E-state index contributed by atoms with van der Waals surface area (Å²) >= 11 is 7.59. The maximum absolute atomic E-state index is 12.1. The van der Waals surface area contributed by atoms with Crippen molar-refractivity contribution in [2.75, 3.05) is 12.8 Å². The van der Waals surface area contributed by atoms with E-state index in [1.807, 2.05) is 6.26 Å². The van der Waals surface area contributed by atoms with Crippen molar-refractivity contribution in [2.24, 2.45) is 0 Å². The van der Waals surface area contributed by atoms with Crippen LogP contribution >= 0.6 is 23.4 Å². The Kier molecular flexibility index (Phi) is 6.31. The summed E-state index contributed by atoms with van der Waals surface area (Å²) in [5, 5.41) is 12.8. The van der Waals surface area contributed by atoms with Gasteiger partial charge >= 0.3 is 0 Å². The van der Waals surface area contributed by atoms with Crippen molar-refractivity contribution < 1.29 is 4.79 Å². The lowest BCUT2D eigenvalue weighted by molar-refractivity contribution is 0.0953. The Labute approximate surface area is 156 Å². The number of hydrogen-bond acceptors (Lipinski definition) is 5. The SMILES string of the molecule is CSc1nnc(CCCNC(=O)c2cccnc2Cl)n1C1CCCC1. The second-order valence-electron chi connectivity index (χ2n) is 6.11. The summed E-state index contributed by atoms with van der Waals surface area (Å²) in [6.45, 7) is 0.566. The van der Waals surface area contributed by atoms with E-state index in [1.165, 1.54) is 25.7 Å². The largest absolute Gasteiger partial charge is 0.352 e. The first-order valence-corrected chi connectivity index (χ1v) is 10.2. The number of pyridine rings is 1. The number of aryl methyl sites for hydroxylation is 1. The average molecular weight is 380 g/mol. The third-order valence-corrected chi connectivity index (χ3v) is 5.42. The molecule has 2 aromatic rings. The molecule has 1 amide bonds. The van der Waals surface area contributed by atoms with Gasteiger partial charge in [0.15, 0.2) is 5.16 Å².